The van der Waals surface area contributed by atoms with E-state index in [-0.39, 0.29) is 6.42 Å². The van der Waals surface area contributed by atoms with Crippen molar-refractivity contribution in [1.82, 2.24) is 4.98 Å². The first kappa shape index (κ1) is 11.2. The third kappa shape index (κ3) is 3.79. The van der Waals surface area contributed by atoms with Crippen LogP contribution >= 0.6 is 0 Å². The van der Waals surface area contributed by atoms with Crippen molar-refractivity contribution in [3.05, 3.63) is 30.1 Å². The molecule has 1 atom stereocenters. The number of hydrogen-bond acceptors (Lipinski definition) is 4. The summed E-state index contributed by atoms with van der Waals surface area (Å²) in [5.74, 6) is 5.13. The van der Waals surface area contributed by atoms with E-state index < -0.39 is 12.0 Å². The summed E-state index contributed by atoms with van der Waals surface area (Å²) in [4.78, 5) is 14.9. The van der Waals surface area contributed by atoms with Crippen LogP contribution in [0.2, 0.25) is 0 Å². The molecule has 0 unspecified atom stereocenters. The smallest absolute Gasteiger partial charge is 0.323 e. The molecule has 1 rings (SSSR count). The summed E-state index contributed by atoms with van der Waals surface area (Å²) >= 11 is 0. The van der Waals surface area contributed by atoms with Crippen LogP contribution in [-0.4, -0.2) is 24.1 Å². The molecule has 1 aromatic rings. The molecule has 4 nitrogen and oxygen atoms in total. The van der Waals surface area contributed by atoms with Crippen molar-refractivity contribution >= 4 is 5.97 Å². The van der Waals surface area contributed by atoms with Crippen molar-refractivity contribution in [3.63, 3.8) is 0 Å². The Labute approximate surface area is 88.5 Å². The third-order valence-electron chi connectivity index (χ3n) is 1.71. The second-order valence-electron chi connectivity index (χ2n) is 2.85. The molecule has 78 valence electrons. The van der Waals surface area contributed by atoms with Crippen molar-refractivity contribution in [3.8, 4) is 11.8 Å². The molecule has 0 aliphatic heterocycles. The highest BCUT2D eigenvalue weighted by atomic mass is 16.5. The second-order valence-corrected chi connectivity index (χ2v) is 2.85. The molecule has 0 fully saturated rings. The minimum Gasteiger partial charge on any atom is -0.468 e. The summed E-state index contributed by atoms with van der Waals surface area (Å²) in [6.45, 7) is 0. The van der Waals surface area contributed by atoms with Gasteiger partial charge in [-0.3, -0.25) is 4.79 Å². The van der Waals surface area contributed by atoms with E-state index in [4.69, 9.17) is 5.73 Å². The first-order chi connectivity index (χ1) is 7.24. The molecule has 4 heteroatoms. The largest absolute Gasteiger partial charge is 0.468 e. The fourth-order valence-corrected chi connectivity index (χ4v) is 0.923. The fraction of sp³-hybridized carbons (Fsp3) is 0.273. The van der Waals surface area contributed by atoms with E-state index in [0.717, 1.165) is 0 Å². The highest BCUT2D eigenvalue weighted by molar-refractivity contribution is 5.75. The molecule has 1 heterocycles. The molecule has 0 bridgehead atoms. The third-order valence-corrected chi connectivity index (χ3v) is 1.71. The standard InChI is InChI=1S/C11H12N2O2/c1-15-11(14)10(12)7-4-6-9-5-2-3-8-13-9/h2-3,5,8,10H,7,12H2,1H3/t10-/m0/s1. The SMILES string of the molecule is COC(=O)[C@@H](N)CC#Cc1ccccn1. The van der Waals surface area contributed by atoms with Crippen LogP contribution in [0.1, 0.15) is 12.1 Å². The Morgan fingerprint density at radius 1 is 1.67 bits per heavy atom. The molecule has 0 radical (unpaired) electrons. The molecule has 0 saturated carbocycles. The molecule has 15 heavy (non-hydrogen) atoms. The van der Waals surface area contributed by atoms with Gasteiger partial charge in [-0.1, -0.05) is 12.0 Å². The molecule has 0 aromatic carbocycles. The van der Waals surface area contributed by atoms with Gasteiger partial charge in [0.2, 0.25) is 0 Å². The first-order valence-corrected chi connectivity index (χ1v) is 4.47. The molecule has 0 spiro atoms. The Morgan fingerprint density at radius 3 is 3.07 bits per heavy atom. The van der Waals surface area contributed by atoms with E-state index >= 15 is 0 Å². The maximum absolute atomic E-state index is 10.9. The maximum atomic E-state index is 10.9. The Hall–Kier alpha value is -1.86. The van der Waals surface area contributed by atoms with Crippen molar-refractivity contribution in [2.24, 2.45) is 5.73 Å². The number of pyridine rings is 1. The first-order valence-electron chi connectivity index (χ1n) is 4.47. The van der Waals surface area contributed by atoms with Crippen LogP contribution in [0.15, 0.2) is 24.4 Å². The van der Waals surface area contributed by atoms with Gasteiger partial charge in [0.15, 0.2) is 0 Å². The number of nitrogens with zero attached hydrogens (tertiary/aromatic N) is 1. The summed E-state index contributed by atoms with van der Waals surface area (Å²) in [6.07, 6.45) is 1.92. The van der Waals surface area contributed by atoms with Crippen LogP contribution in [0.25, 0.3) is 0 Å². The van der Waals surface area contributed by atoms with Gasteiger partial charge < -0.3 is 10.5 Å². The van der Waals surface area contributed by atoms with E-state index in [1.54, 1.807) is 12.3 Å². The lowest BCUT2D eigenvalue weighted by molar-refractivity contribution is -0.142. The molecular formula is C11H12N2O2. The van der Waals surface area contributed by atoms with Crippen LogP contribution in [0.3, 0.4) is 0 Å². The minimum absolute atomic E-state index is 0.267. The Bertz CT molecular complexity index is 379. The van der Waals surface area contributed by atoms with Crippen molar-refractivity contribution in [1.29, 1.82) is 0 Å². The van der Waals surface area contributed by atoms with E-state index in [2.05, 4.69) is 21.6 Å². The summed E-state index contributed by atoms with van der Waals surface area (Å²) in [5.41, 5.74) is 6.16. The monoisotopic (exact) mass is 204 g/mol. The Morgan fingerprint density at radius 2 is 2.47 bits per heavy atom. The fourth-order valence-electron chi connectivity index (χ4n) is 0.923. The second kappa shape index (κ2) is 5.78. The number of aromatic nitrogens is 1. The number of carbonyl (C=O) groups excluding carboxylic acids is 1. The average molecular weight is 204 g/mol. The Balaban J connectivity index is 2.50. The van der Waals surface area contributed by atoms with Crippen LogP contribution in [0, 0.1) is 11.8 Å². The highest BCUT2D eigenvalue weighted by Crippen LogP contribution is 1.92. The molecule has 0 saturated heterocycles. The van der Waals surface area contributed by atoms with Gasteiger partial charge in [-0.2, -0.15) is 0 Å². The van der Waals surface area contributed by atoms with Gasteiger partial charge in [-0.15, -0.1) is 0 Å². The number of hydrogen-bond donors (Lipinski definition) is 1. The van der Waals surface area contributed by atoms with Crippen LogP contribution in [0.5, 0.6) is 0 Å². The topological polar surface area (TPSA) is 65.2 Å². The van der Waals surface area contributed by atoms with E-state index in [9.17, 15) is 4.79 Å². The van der Waals surface area contributed by atoms with Crippen molar-refractivity contribution in [2.75, 3.05) is 7.11 Å². The van der Waals surface area contributed by atoms with E-state index in [1.165, 1.54) is 7.11 Å². The van der Waals surface area contributed by atoms with Gasteiger partial charge >= 0.3 is 5.97 Å². The molecule has 2 N–H and O–H groups in total. The molecule has 0 aliphatic carbocycles. The van der Waals surface area contributed by atoms with Gasteiger partial charge in [-0.25, -0.2) is 4.98 Å². The van der Waals surface area contributed by atoms with Crippen molar-refractivity contribution < 1.29 is 9.53 Å². The zero-order valence-corrected chi connectivity index (χ0v) is 8.43. The number of nitrogens with two attached hydrogens (primary N) is 1. The maximum Gasteiger partial charge on any atom is 0.323 e. The van der Waals surface area contributed by atoms with Gasteiger partial charge in [0.1, 0.15) is 11.7 Å². The minimum atomic E-state index is -0.689. The van der Waals surface area contributed by atoms with E-state index in [1.807, 2.05) is 12.1 Å². The molecule has 0 amide bonds. The van der Waals surface area contributed by atoms with Crippen LogP contribution in [0.4, 0.5) is 0 Å². The van der Waals surface area contributed by atoms with Gasteiger partial charge in [0, 0.05) is 12.6 Å². The number of rotatable bonds is 2. The van der Waals surface area contributed by atoms with Crippen LogP contribution < -0.4 is 5.73 Å². The normalized spacial score (nSPS) is 11.1. The molecular weight excluding hydrogens is 192 g/mol. The quantitative estimate of drug-likeness (QED) is 0.556. The predicted octanol–water partition coefficient (Wildman–Crippen LogP) is 0.323. The summed E-state index contributed by atoms with van der Waals surface area (Å²) < 4.78 is 4.47. The summed E-state index contributed by atoms with van der Waals surface area (Å²) in [6, 6.07) is 4.76. The van der Waals surface area contributed by atoms with Crippen molar-refractivity contribution in [2.45, 2.75) is 12.5 Å². The Kier molecular flexibility index (Phi) is 4.32. The number of esters is 1. The molecule has 0 aliphatic rings. The number of ether oxygens (including phenoxy) is 1. The zero-order valence-electron chi connectivity index (χ0n) is 8.43. The van der Waals surface area contributed by atoms with Gasteiger partial charge in [0.05, 0.1) is 7.11 Å². The lowest BCUT2D eigenvalue weighted by atomic mass is 10.2. The number of carbonyl (C=O) groups is 1. The average Bonchev–Trinajstić information content (AvgIpc) is 2.29. The molecule has 1 aromatic heterocycles. The zero-order chi connectivity index (χ0) is 11.1. The van der Waals surface area contributed by atoms with Gasteiger partial charge in [-0.05, 0) is 18.1 Å². The lowest BCUT2D eigenvalue weighted by Crippen LogP contribution is -2.30. The van der Waals surface area contributed by atoms with Crippen LogP contribution in [-0.2, 0) is 9.53 Å². The summed E-state index contributed by atoms with van der Waals surface area (Å²) in [7, 11) is 1.30. The highest BCUT2D eigenvalue weighted by Gasteiger charge is 2.10. The van der Waals surface area contributed by atoms with E-state index in [0.29, 0.717) is 5.69 Å². The number of methoxy groups -OCH3 is 1. The predicted molar refractivity (Wildman–Crippen MR) is 55.7 cm³/mol. The van der Waals surface area contributed by atoms with Gasteiger partial charge in [0.25, 0.3) is 0 Å². The lowest BCUT2D eigenvalue weighted by Gasteiger charge is -2.03. The summed E-state index contributed by atoms with van der Waals surface area (Å²) in [5, 5.41) is 0.